The SMILES string of the molecule is Cc1cccc2c1ccc1c(=O)c3c(c(=O)oc12)OCC3C. The van der Waals surface area contributed by atoms with Crippen LogP contribution >= 0.6 is 0 Å². The van der Waals surface area contributed by atoms with Crippen molar-refractivity contribution in [1.29, 1.82) is 0 Å². The highest BCUT2D eigenvalue weighted by Gasteiger charge is 2.28. The third-order valence-electron chi connectivity index (χ3n) is 4.31. The zero-order valence-corrected chi connectivity index (χ0v) is 12.3. The average molecular weight is 294 g/mol. The number of fused-ring (bicyclic) bond motifs is 4. The van der Waals surface area contributed by atoms with Gasteiger partial charge in [0, 0.05) is 11.3 Å². The van der Waals surface area contributed by atoms with Gasteiger partial charge in [-0.15, -0.1) is 0 Å². The van der Waals surface area contributed by atoms with Crippen LogP contribution in [0, 0.1) is 6.92 Å². The molecular weight excluding hydrogens is 280 g/mol. The van der Waals surface area contributed by atoms with E-state index in [4.69, 9.17) is 9.15 Å². The summed E-state index contributed by atoms with van der Waals surface area (Å²) in [5.74, 6) is -0.0382. The van der Waals surface area contributed by atoms with E-state index in [1.165, 1.54) is 0 Å². The molecule has 4 rings (SSSR count). The normalized spacial score (nSPS) is 16.7. The number of hydrogen-bond donors (Lipinski definition) is 0. The van der Waals surface area contributed by atoms with Gasteiger partial charge in [0.2, 0.25) is 5.75 Å². The van der Waals surface area contributed by atoms with E-state index >= 15 is 0 Å². The first-order valence-electron chi connectivity index (χ1n) is 7.24. The van der Waals surface area contributed by atoms with E-state index < -0.39 is 5.63 Å². The van der Waals surface area contributed by atoms with E-state index in [0.717, 1.165) is 16.3 Å². The van der Waals surface area contributed by atoms with Crippen molar-refractivity contribution in [2.45, 2.75) is 19.8 Å². The Morgan fingerprint density at radius 1 is 1.05 bits per heavy atom. The van der Waals surface area contributed by atoms with Crippen LogP contribution in [-0.4, -0.2) is 6.61 Å². The van der Waals surface area contributed by atoms with Gasteiger partial charge in [0.15, 0.2) is 5.43 Å². The Labute approximate surface area is 126 Å². The Hall–Kier alpha value is -2.62. The van der Waals surface area contributed by atoms with E-state index in [2.05, 4.69) is 0 Å². The molecule has 1 aliphatic rings. The van der Waals surface area contributed by atoms with Crippen molar-refractivity contribution >= 4 is 21.7 Å². The van der Waals surface area contributed by atoms with Gasteiger partial charge in [0.25, 0.3) is 0 Å². The quantitative estimate of drug-likeness (QED) is 0.639. The van der Waals surface area contributed by atoms with Crippen LogP contribution in [0.15, 0.2) is 44.3 Å². The van der Waals surface area contributed by atoms with Crippen LogP contribution in [0.2, 0.25) is 0 Å². The lowest BCUT2D eigenvalue weighted by Gasteiger charge is -2.03. The molecule has 0 radical (unpaired) electrons. The van der Waals surface area contributed by atoms with Crippen molar-refractivity contribution in [1.82, 2.24) is 0 Å². The van der Waals surface area contributed by atoms with Crippen LogP contribution < -0.4 is 15.8 Å². The highest BCUT2D eigenvalue weighted by molar-refractivity contribution is 6.05. The maximum atomic E-state index is 12.8. The summed E-state index contributed by atoms with van der Waals surface area (Å²) >= 11 is 0. The summed E-state index contributed by atoms with van der Waals surface area (Å²) in [5.41, 5.74) is 1.07. The molecule has 4 heteroatoms. The molecule has 1 aromatic heterocycles. The third-order valence-corrected chi connectivity index (χ3v) is 4.31. The maximum Gasteiger partial charge on any atom is 0.379 e. The topological polar surface area (TPSA) is 56.5 Å². The number of benzene rings is 2. The van der Waals surface area contributed by atoms with Gasteiger partial charge < -0.3 is 9.15 Å². The zero-order valence-electron chi connectivity index (χ0n) is 12.3. The lowest BCUT2D eigenvalue weighted by atomic mass is 10.0. The highest BCUT2D eigenvalue weighted by atomic mass is 16.5. The van der Waals surface area contributed by atoms with Crippen molar-refractivity contribution in [3.8, 4) is 5.75 Å². The number of ether oxygens (including phenoxy) is 1. The predicted molar refractivity (Wildman–Crippen MR) is 84.9 cm³/mol. The first-order valence-corrected chi connectivity index (χ1v) is 7.24. The first-order chi connectivity index (χ1) is 10.6. The summed E-state index contributed by atoms with van der Waals surface area (Å²) < 4.78 is 10.9. The number of hydrogen-bond acceptors (Lipinski definition) is 4. The third kappa shape index (κ3) is 1.64. The minimum atomic E-state index is -0.583. The van der Waals surface area contributed by atoms with Gasteiger partial charge in [-0.05, 0) is 23.9 Å². The molecule has 1 unspecified atom stereocenters. The molecule has 22 heavy (non-hydrogen) atoms. The average Bonchev–Trinajstić information content (AvgIpc) is 2.84. The standard InChI is InChI=1S/C18H14O4/c1-9-4-3-5-12-11(9)6-7-13-15(19)14-10(2)8-21-17(14)18(20)22-16(12)13/h3-7,10H,8H2,1-2H3. The van der Waals surface area contributed by atoms with Crippen LogP contribution in [0.4, 0.5) is 0 Å². The Kier molecular flexibility index (Phi) is 2.64. The van der Waals surface area contributed by atoms with Crippen LogP contribution in [-0.2, 0) is 0 Å². The molecule has 0 bridgehead atoms. The van der Waals surface area contributed by atoms with Gasteiger partial charge in [0.05, 0.1) is 17.6 Å². The van der Waals surface area contributed by atoms with Crippen LogP contribution in [0.1, 0.15) is 24.0 Å². The van der Waals surface area contributed by atoms with Crippen molar-refractivity contribution in [3.63, 3.8) is 0 Å². The second-order valence-electron chi connectivity index (χ2n) is 5.79. The van der Waals surface area contributed by atoms with E-state index in [0.29, 0.717) is 23.1 Å². The summed E-state index contributed by atoms with van der Waals surface area (Å²) in [6, 6.07) is 9.38. The Bertz CT molecular complexity index is 1050. The molecule has 0 saturated carbocycles. The molecule has 4 nitrogen and oxygen atoms in total. The second-order valence-corrected chi connectivity index (χ2v) is 5.79. The fourth-order valence-corrected chi connectivity index (χ4v) is 3.15. The summed E-state index contributed by atoms with van der Waals surface area (Å²) in [6.45, 7) is 4.20. The summed E-state index contributed by atoms with van der Waals surface area (Å²) in [6.07, 6.45) is 0. The van der Waals surface area contributed by atoms with Crippen LogP contribution in [0.5, 0.6) is 5.75 Å². The van der Waals surface area contributed by atoms with Gasteiger partial charge in [0.1, 0.15) is 5.58 Å². The maximum absolute atomic E-state index is 12.8. The van der Waals surface area contributed by atoms with Crippen molar-refractivity contribution < 1.29 is 9.15 Å². The molecule has 0 amide bonds. The van der Waals surface area contributed by atoms with E-state index in [1.54, 1.807) is 6.07 Å². The lowest BCUT2D eigenvalue weighted by Crippen LogP contribution is -2.08. The summed E-state index contributed by atoms with van der Waals surface area (Å²) in [7, 11) is 0. The summed E-state index contributed by atoms with van der Waals surface area (Å²) in [4.78, 5) is 25.2. The zero-order chi connectivity index (χ0) is 15.4. The largest absolute Gasteiger partial charge is 0.486 e. The first kappa shape index (κ1) is 13.1. The molecule has 2 heterocycles. The molecule has 0 N–H and O–H groups in total. The Morgan fingerprint density at radius 2 is 1.82 bits per heavy atom. The molecule has 110 valence electrons. The van der Waals surface area contributed by atoms with E-state index in [9.17, 15) is 9.59 Å². The molecule has 3 aromatic rings. The van der Waals surface area contributed by atoms with Gasteiger partial charge >= 0.3 is 5.63 Å². The molecule has 0 fully saturated rings. The molecule has 0 spiro atoms. The highest BCUT2D eigenvalue weighted by Crippen LogP contribution is 2.30. The predicted octanol–water partition coefficient (Wildman–Crippen LogP) is 3.11. The van der Waals surface area contributed by atoms with E-state index in [-0.39, 0.29) is 17.1 Å². The fraction of sp³-hybridized carbons (Fsp3) is 0.222. The molecule has 0 saturated heterocycles. The molecule has 1 aliphatic heterocycles. The minimum Gasteiger partial charge on any atom is -0.486 e. The van der Waals surface area contributed by atoms with E-state index in [1.807, 2.05) is 38.1 Å². The van der Waals surface area contributed by atoms with Crippen molar-refractivity contribution in [3.05, 3.63) is 62.1 Å². The number of aryl methyl sites for hydroxylation is 1. The van der Waals surface area contributed by atoms with Gasteiger partial charge in [-0.25, -0.2) is 4.79 Å². The van der Waals surface area contributed by atoms with Crippen LogP contribution in [0.3, 0.4) is 0 Å². The molecule has 2 aromatic carbocycles. The Morgan fingerprint density at radius 3 is 2.64 bits per heavy atom. The summed E-state index contributed by atoms with van der Waals surface area (Å²) in [5, 5.41) is 2.17. The van der Waals surface area contributed by atoms with Gasteiger partial charge in [-0.2, -0.15) is 0 Å². The smallest absolute Gasteiger partial charge is 0.379 e. The van der Waals surface area contributed by atoms with Crippen molar-refractivity contribution in [2.24, 2.45) is 0 Å². The van der Waals surface area contributed by atoms with Crippen molar-refractivity contribution in [2.75, 3.05) is 6.61 Å². The molecule has 0 aliphatic carbocycles. The van der Waals surface area contributed by atoms with Crippen LogP contribution in [0.25, 0.3) is 21.7 Å². The fourth-order valence-electron chi connectivity index (χ4n) is 3.15. The second kappa shape index (κ2) is 4.44. The van der Waals surface area contributed by atoms with Gasteiger partial charge in [-0.1, -0.05) is 31.2 Å². The molecule has 1 atom stereocenters. The van der Waals surface area contributed by atoms with Gasteiger partial charge in [-0.3, -0.25) is 4.79 Å². The monoisotopic (exact) mass is 294 g/mol. The molecular formula is C18H14O4. The Balaban J connectivity index is 2.32. The lowest BCUT2D eigenvalue weighted by molar-refractivity contribution is 0.324. The minimum absolute atomic E-state index is 0.0644. The number of rotatable bonds is 0.